The standard InChI is InChI=1S/C15H14F2N2O2/c1-21-14-5-3-10(18)8-13(14)19-15(20)7-9-2-4-11(16)12(17)6-9/h2-6,8H,7,18H2,1H3,(H,19,20). The van der Waals surface area contributed by atoms with E-state index in [1.807, 2.05) is 0 Å². The second kappa shape index (κ2) is 6.21. The highest BCUT2D eigenvalue weighted by molar-refractivity contribution is 5.94. The molecule has 2 aromatic rings. The molecule has 0 aromatic heterocycles. The topological polar surface area (TPSA) is 64.3 Å². The highest BCUT2D eigenvalue weighted by atomic mass is 19.2. The predicted octanol–water partition coefficient (Wildman–Crippen LogP) is 2.74. The summed E-state index contributed by atoms with van der Waals surface area (Å²) >= 11 is 0. The zero-order valence-corrected chi connectivity index (χ0v) is 11.3. The van der Waals surface area contributed by atoms with Crippen molar-refractivity contribution in [2.75, 3.05) is 18.2 Å². The molecule has 3 N–H and O–H groups in total. The molecule has 0 saturated heterocycles. The summed E-state index contributed by atoms with van der Waals surface area (Å²) in [6.07, 6.45) is -0.0881. The van der Waals surface area contributed by atoms with Crippen LogP contribution in [0.1, 0.15) is 5.56 Å². The molecular weight excluding hydrogens is 278 g/mol. The van der Waals surface area contributed by atoms with Gasteiger partial charge in [0, 0.05) is 5.69 Å². The average Bonchev–Trinajstić information content (AvgIpc) is 2.43. The normalized spacial score (nSPS) is 10.2. The van der Waals surface area contributed by atoms with Crippen molar-refractivity contribution in [3.63, 3.8) is 0 Å². The number of ether oxygens (including phenoxy) is 1. The Hall–Kier alpha value is -2.63. The molecular formula is C15H14F2N2O2. The molecule has 0 aliphatic carbocycles. The SMILES string of the molecule is COc1ccc(N)cc1NC(=O)Cc1ccc(F)c(F)c1. The first-order valence-electron chi connectivity index (χ1n) is 6.17. The number of carbonyl (C=O) groups is 1. The fourth-order valence-corrected chi connectivity index (χ4v) is 1.85. The van der Waals surface area contributed by atoms with Crippen molar-refractivity contribution in [3.05, 3.63) is 53.6 Å². The number of nitrogens with one attached hydrogen (secondary N) is 1. The number of benzene rings is 2. The van der Waals surface area contributed by atoms with Gasteiger partial charge in [0.2, 0.25) is 5.91 Å². The molecule has 21 heavy (non-hydrogen) atoms. The Kier molecular flexibility index (Phi) is 4.37. The van der Waals surface area contributed by atoms with E-state index in [0.717, 1.165) is 12.1 Å². The van der Waals surface area contributed by atoms with Gasteiger partial charge >= 0.3 is 0 Å². The van der Waals surface area contributed by atoms with Gasteiger partial charge < -0.3 is 15.8 Å². The van der Waals surface area contributed by atoms with Gasteiger partial charge in [0.25, 0.3) is 0 Å². The van der Waals surface area contributed by atoms with Crippen LogP contribution in [0.3, 0.4) is 0 Å². The second-order valence-electron chi connectivity index (χ2n) is 4.43. The van der Waals surface area contributed by atoms with Gasteiger partial charge in [-0.3, -0.25) is 4.79 Å². The van der Waals surface area contributed by atoms with Crippen molar-refractivity contribution in [1.82, 2.24) is 0 Å². The van der Waals surface area contributed by atoms with E-state index in [-0.39, 0.29) is 12.3 Å². The van der Waals surface area contributed by atoms with E-state index in [0.29, 0.717) is 22.7 Å². The summed E-state index contributed by atoms with van der Waals surface area (Å²) in [6.45, 7) is 0. The number of nitrogen functional groups attached to an aromatic ring is 1. The fourth-order valence-electron chi connectivity index (χ4n) is 1.85. The summed E-state index contributed by atoms with van der Waals surface area (Å²) in [5, 5.41) is 2.62. The van der Waals surface area contributed by atoms with Crippen molar-refractivity contribution in [3.8, 4) is 5.75 Å². The number of rotatable bonds is 4. The maximum atomic E-state index is 13.1. The molecule has 2 rings (SSSR count). The minimum atomic E-state index is -0.984. The van der Waals surface area contributed by atoms with Crippen LogP contribution in [0.2, 0.25) is 0 Å². The Balaban J connectivity index is 2.11. The lowest BCUT2D eigenvalue weighted by molar-refractivity contribution is -0.115. The number of hydrogen-bond acceptors (Lipinski definition) is 3. The molecule has 0 bridgehead atoms. The van der Waals surface area contributed by atoms with Gasteiger partial charge in [-0.1, -0.05) is 6.07 Å². The van der Waals surface area contributed by atoms with Gasteiger partial charge in [-0.25, -0.2) is 8.78 Å². The van der Waals surface area contributed by atoms with E-state index in [4.69, 9.17) is 10.5 Å². The van der Waals surface area contributed by atoms with E-state index in [1.165, 1.54) is 13.2 Å². The molecule has 4 nitrogen and oxygen atoms in total. The van der Waals surface area contributed by atoms with E-state index >= 15 is 0 Å². The number of halogens is 2. The molecule has 0 aliphatic heterocycles. The lowest BCUT2D eigenvalue weighted by atomic mass is 10.1. The van der Waals surface area contributed by atoms with Gasteiger partial charge in [-0.2, -0.15) is 0 Å². The quantitative estimate of drug-likeness (QED) is 0.852. The van der Waals surface area contributed by atoms with Crippen LogP contribution in [-0.4, -0.2) is 13.0 Å². The third-order valence-corrected chi connectivity index (χ3v) is 2.85. The molecule has 6 heteroatoms. The van der Waals surface area contributed by atoms with Gasteiger partial charge in [0.05, 0.1) is 19.2 Å². The van der Waals surface area contributed by atoms with Crippen molar-refractivity contribution >= 4 is 17.3 Å². The predicted molar refractivity (Wildman–Crippen MR) is 76.1 cm³/mol. The van der Waals surface area contributed by atoms with Crippen molar-refractivity contribution in [1.29, 1.82) is 0 Å². The van der Waals surface area contributed by atoms with Crippen LogP contribution in [0.4, 0.5) is 20.2 Å². The summed E-state index contributed by atoms with van der Waals surface area (Å²) in [5.74, 6) is -1.86. The number of anilines is 2. The number of methoxy groups -OCH3 is 1. The van der Waals surface area contributed by atoms with Crippen molar-refractivity contribution in [2.24, 2.45) is 0 Å². The Morgan fingerprint density at radius 2 is 1.95 bits per heavy atom. The fraction of sp³-hybridized carbons (Fsp3) is 0.133. The third kappa shape index (κ3) is 3.68. The summed E-state index contributed by atoms with van der Waals surface area (Å²) in [7, 11) is 1.47. The van der Waals surface area contributed by atoms with E-state index < -0.39 is 11.6 Å². The monoisotopic (exact) mass is 292 g/mol. The molecule has 0 spiro atoms. The Labute approximate surface area is 120 Å². The highest BCUT2D eigenvalue weighted by Crippen LogP contribution is 2.26. The molecule has 0 heterocycles. The highest BCUT2D eigenvalue weighted by Gasteiger charge is 2.10. The van der Waals surface area contributed by atoms with Crippen molar-refractivity contribution in [2.45, 2.75) is 6.42 Å². The Morgan fingerprint density at radius 1 is 1.19 bits per heavy atom. The van der Waals surface area contributed by atoms with Crippen LogP contribution < -0.4 is 15.8 Å². The van der Waals surface area contributed by atoms with Crippen LogP contribution in [0.15, 0.2) is 36.4 Å². The minimum absolute atomic E-state index is 0.0881. The van der Waals surface area contributed by atoms with Crippen LogP contribution in [-0.2, 0) is 11.2 Å². The molecule has 1 amide bonds. The Morgan fingerprint density at radius 3 is 2.62 bits per heavy atom. The molecule has 0 aliphatic rings. The number of carbonyl (C=O) groups excluding carboxylic acids is 1. The molecule has 110 valence electrons. The first kappa shape index (κ1) is 14.8. The first-order valence-corrected chi connectivity index (χ1v) is 6.17. The van der Waals surface area contributed by atoms with Gasteiger partial charge in [0.15, 0.2) is 11.6 Å². The lowest BCUT2D eigenvalue weighted by Crippen LogP contribution is -2.15. The maximum Gasteiger partial charge on any atom is 0.228 e. The molecule has 0 radical (unpaired) electrons. The van der Waals surface area contributed by atoms with E-state index in [1.54, 1.807) is 18.2 Å². The summed E-state index contributed by atoms with van der Waals surface area (Å²) < 4.78 is 31.0. The minimum Gasteiger partial charge on any atom is -0.495 e. The smallest absolute Gasteiger partial charge is 0.228 e. The van der Waals surface area contributed by atoms with E-state index in [9.17, 15) is 13.6 Å². The average molecular weight is 292 g/mol. The molecule has 0 atom stereocenters. The maximum absolute atomic E-state index is 13.1. The molecule has 0 saturated carbocycles. The summed E-state index contributed by atoms with van der Waals surface area (Å²) in [4.78, 5) is 11.9. The third-order valence-electron chi connectivity index (χ3n) is 2.85. The van der Waals surface area contributed by atoms with Crippen molar-refractivity contribution < 1.29 is 18.3 Å². The molecule has 0 unspecified atom stereocenters. The number of hydrogen-bond donors (Lipinski definition) is 2. The van der Waals surface area contributed by atoms with Crippen LogP contribution in [0.5, 0.6) is 5.75 Å². The number of nitrogens with two attached hydrogens (primary N) is 1. The zero-order valence-electron chi connectivity index (χ0n) is 11.3. The Bertz CT molecular complexity index is 675. The van der Waals surface area contributed by atoms with Gasteiger partial charge in [-0.15, -0.1) is 0 Å². The largest absolute Gasteiger partial charge is 0.495 e. The number of amides is 1. The van der Waals surface area contributed by atoms with Crippen LogP contribution in [0.25, 0.3) is 0 Å². The summed E-state index contributed by atoms with van der Waals surface area (Å²) in [5.41, 5.74) is 6.91. The molecule has 0 fully saturated rings. The van der Waals surface area contributed by atoms with Gasteiger partial charge in [-0.05, 0) is 35.9 Å². The lowest BCUT2D eigenvalue weighted by Gasteiger charge is -2.11. The van der Waals surface area contributed by atoms with Crippen LogP contribution >= 0.6 is 0 Å². The zero-order chi connectivity index (χ0) is 15.4. The van der Waals surface area contributed by atoms with Crippen LogP contribution in [0, 0.1) is 11.6 Å². The van der Waals surface area contributed by atoms with E-state index in [2.05, 4.69) is 5.32 Å². The second-order valence-corrected chi connectivity index (χ2v) is 4.43. The van der Waals surface area contributed by atoms with Gasteiger partial charge in [0.1, 0.15) is 5.75 Å². The summed E-state index contributed by atoms with van der Waals surface area (Å²) in [6, 6.07) is 8.16. The first-order chi connectivity index (χ1) is 9.99. The molecule has 2 aromatic carbocycles.